The van der Waals surface area contributed by atoms with Gasteiger partial charge in [-0.15, -0.1) is 0 Å². The molecule has 1 aromatic rings. The smallest absolute Gasteiger partial charge is 0.237 e. The van der Waals surface area contributed by atoms with E-state index in [0.717, 1.165) is 11.3 Å². The van der Waals surface area contributed by atoms with E-state index in [0.29, 0.717) is 6.42 Å². The van der Waals surface area contributed by atoms with Crippen molar-refractivity contribution in [1.82, 2.24) is 5.32 Å². The molecule has 0 heterocycles. The highest BCUT2D eigenvalue weighted by atomic mass is 32.2. The van der Waals surface area contributed by atoms with Gasteiger partial charge in [-0.05, 0) is 24.0 Å². The summed E-state index contributed by atoms with van der Waals surface area (Å²) >= 11 is 1.66. The molecule has 0 unspecified atom stereocenters. The van der Waals surface area contributed by atoms with Crippen LogP contribution in [-0.2, 0) is 4.79 Å². The molecule has 1 aromatic carbocycles. The summed E-state index contributed by atoms with van der Waals surface area (Å²) in [7, 11) is 0. The molecule has 0 spiro atoms. The van der Waals surface area contributed by atoms with E-state index in [4.69, 9.17) is 5.73 Å². The van der Waals surface area contributed by atoms with E-state index in [1.165, 1.54) is 0 Å². The quantitative estimate of drug-likeness (QED) is 0.687. The molecule has 0 aromatic heterocycles. The number of aliphatic hydroxyl groups is 1. The third kappa shape index (κ3) is 4.68. The summed E-state index contributed by atoms with van der Waals surface area (Å²) in [5, 5.41) is 12.1. The van der Waals surface area contributed by atoms with Gasteiger partial charge in [0, 0.05) is 0 Å². The third-order valence-corrected chi connectivity index (χ3v) is 3.31. The first-order valence-corrected chi connectivity index (χ1v) is 7.29. The molecule has 18 heavy (non-hydrogen) atoms. The Morgan fingerprint density at radius 1 is 1.44 bits per heavy atom. The minimum absolute atomic E-state index is 0.134. The van der Waals surface area contributed by atoms with Gasteiger partial charge in [-0.2, -0.15) is 11.8 Å². The molecule has 0 saturated carbocycles. The predicted octanol–water partition coefficient (Wildman–Crippen LogP) is 0.917. The van der Waals surface area contributed by atoms with Crippen LogP contribution in [0.4, 0.5) is 0 Å². The van der Waals surface area contributed by atoms with Crippen molar-refractivity contribution in [2.45, 2.75) is 18.5 Å². The molecule has 0 aliphatic carbocycles. The van der Waals surface area contributed by atoms with Crippen LogP contribution < -0.4 is 11.1 Å². The second-order valence-electron chi connectivity index (χ2n) is 4.04. The van der Waals surface area contributed by atoms with Crippen LogP contribution in [0.25, 0.3) is 0 Å². The van der Waals surface area contributed by atoms with Crippen molar-refractivity contribution in [3.8, 4) is 0 Å². The summed E-state index contributed by atoms with van der Waals surface area (Å²) in [5.74, 6) is 0.635. The lowest BCUT2D eigenvalue weighted by Crippen LogP contribution is -2.43. The topological polar surface area (TPSA) is 75.4 Å². The fraction of sp³-hybridized carbons (Fsp3) is 0.462. The second kappa shape index (κ2) is 8.13. The van der Waals surface area contributed by atoms with E-state index in [2.05, 4.69) is 5.32 Å². The minimum Gasteiger partial charge on any atom is -0.394 e. The second-order valence-corrected chi connectivity index (χ2v) is 5.03. The van der Waals surface area contributed by atoms with E-state index in [1.54, 1.807) is 11.8 Å². The lowest BCUT2D eigenvalue weighted by atomic mass is 10.1. The maximum atomic E-state index is 11.8. The Kier molecular flexibility index (Phi) is 6.78. The number of benzene rings is 1. The monoisotopic (exact) mass is 268 g/mol. The van der Waals surface area contributed by atoms with E-state index < -0.39 is 6.04 Å². The summed E-state index contributed by atoms with van der Waals surface area (Å²) in [4.78, 5) is 11.8. The fourth-order valence-corrected chi connectivity index (χ4v) is 2.06. The molecule has 0 fully saturated rings. The van der Waals surface area contributed by atoms with Crippen LogP contribution in [-0.4, -0.2) is 35.7 Å². The molecular formula is C13H20N2O2S. The number of carbonyl (C=O) groups is 1. The average molecular weight is 268 g/mol. The lowest BCUT2D eigenvalue weighted by molar-refractivity contribution is -0.123. The van der Waals surface area contributed by atoms with Gasteiger partial charge in [0.1, 0.15) is 0 Å². The Labute approximate surface area is 112 Å². The third-order valence-electron chi connectivity index (χ3n) is 2.67. The summed E-state index contributed by atoms with van der Waals surface area (Å²) < 4.78 is 0. The van der Waals surface area contributed by atoms with Crippen molar-refractivity contribution >= 4 is 17.7 Å². The van der Waals surface area contributed by atoms with Crippen molar-refractivity contribution in [3.63, 3.8) is 0 Å². The van der Waals surface area contributed by atoms with Gasteiger partial charge in [-0.25, -0.2) is 0 Å². The molecule has 100 valence electrons. The highest BCUT2D eigenvalue weighted by molar-refractivity contribution is 7.98. The first-order chi connectivity index (χ1) is 8.69. The standard InChI is InChI=1S/C13H20N2O2S/c1-18-8-7-11(14)13(17)15-12(9-16)10-5-3-2-4-6-10/h2-6,11-12,16H,7-9,14H2,1H3,(H,15,17)/t11-,12+/m1/s1. The summed E-state index contributed by atoms with van der Waals surface area (Å²) in [6.45, 7) is -0.134. The van der Waals surface area contributed by atoms with Crippen molar-refractivity contribution in [3.05, 3.63) is 35.9 Å². The molecule has 2 atom stereocenters. The molecule has 5 heteroatoms. The molecule has 4 N–H and O–H groups in total. The lowest BCUT2D eigenvalue weighted by Gasteiger charge is -2.19. The van der Waals surface area contributed by atoms with Crippen molar-refractivity contribution in [2.24, 2.45) is 5.73 Å². The number of nitrogens with two attached hydrogens (primary N) is 1. The summed E-state index contributed by atoms with van der Waals surface area (Å²) in [6, 6.07) is 8.47. The highest BCUT2D eigenvalue weighted by Gasteiger charge is 2.18. The Balaban J connectivity index is 2.56. The number of hydrogen-bond donors (Lipinski definition) is 3. The normalized spacial score (nSPS) is 13.9. The fourth-order valence-electron chi connectivity index (χ4n) is 1.57. The number of nitrogens with one attached hydrogen (secondary N) is 1. The molecule has 0 saturated heterocycles. The maximum absolute atomic E-state index is 11.8. The highest BCUT2D eigenvalue weighted by Crippen LogP contribution is 2.12. The van der Waals surface area contributed by atoms with Gasteiger partial charge in [0.25, 0.3) is 0 Å². The molecule has 0 aliphatic rings. The summed E-state index contributed by atoms with van der Waals surface area (Å²) in [5.41, 5.74) is 6.66. The number of rotatable bonds is 7. The van der Waals surface area contributed by atoms with Crippen molar-refractivity contribution in [2.75, 3.05) is 18.6 Å². The van der Waals surface area contributed by atoms with E-state index >= 15 is 0 Å². The number of aliphatic hydroxyl groups excluding tert-OH is 1. The van der Waals surface area contributed by atoms with Gasteiger partial charge in [-0.3, -0.25) is 4.79 Å². The van der Waals surface area contributed by atoms with Crippen LogP contribution in [0.2, 0.25) is 0 Å². The Morgan fingerprint density at radius 3 is 2.67 bits per heavy atom. The van der Waals surface area contributed by atoms with E-state index in [9.17, 15) is 9.90 Å². The molecule has 4 nitrogen and oxygen atoms in total. The largest absolute Gasteiger partial charge is 0.394 e. The first-order valence-electron chi connectivity index (χ1n) is 5.89. The molecule has 1 amide bonds. The van der Waals surface area contributed by atoms with Crippen molar-refractivity contribution in [1.29, 1.82) is 0 Å². The zero-order valence-electron chi connectivity index (χ0n) is 10.5. The number of carbonyl (C=O) groups excluding carboxylic acids is 1. The van der Waals surface area contributed by atoms with Crippen LogP contribution >= 0.6 is 11.8 Å². The SMILES string of the molecule is CSCC[C@@H](N)C(=O)N[C@@H](CO)c1ccccc1. The van der Waals surface area contributed by atoms with Crippen LogP contribution in [0.3, 0.4) is 0 Å². The van der Waals surface area contributed by atoms with Crippen LogP contribution in [0.15, 0.2) is 30.3 Å². The van der Waals surface area contributed by atoms with Gasteiger partial charge in [0.05, 0.1) is 18.7 Å². The van der Waals surface area contributed by atoms with Gasteiger partial charge in [-0.1, -0.05) is 30.3 Å². The van der Waals surface area contributed by atoms with Gasteiger partial charge < -0.3 is 16.2 Å². The zero-order valence-corrected chi connectivity index (χ0v) is 11.3. The molecule has 0 bridgehead atoms. The minimum atomic E-state index is -0.518. The molecule has 0 aliphatic heterocycles. The summed E-state index contributed by atoms with van der Waals surface area (Å²) in [6.07, 6.45) is 2.62. The Morgan fingerprint density at radius 2 is 2.11 bits per heavy atom. The zero-order chi connectivity index (χ0) is 13.4. The molecule has 0 radical (unpaired) electrons. The maximum Gasteiger partial charge on any atom is 0.237 e. The van der Waals surface area contributed by atoms with Crippen molar-refractivity contribution < 1.29 is 9.90 Å². The van der Waals surface area contributed by atoms with Crippen LogP contribution in [0.5, 0.6) is 0 Å². The van der Waals surface area contributed by atoms with Crippen LogP contribution in [0, 0.1) is 0 Å². The van der Waals surface area contributed by atoms with Gasteiger partial charge in [0.2, 0.25) is 5.91 Å². The molecular weight excluding hydrogens is 248 g/mol. The average Bonchev–Trinajstić information content (AvgIpc) is 2.42. The Hall–Kier alpha value is -1.04. The van der Waals surface area contributed by atoms with Gasteiger partial charge in [0.15, 0.2) is 0 Å². The Bertz CT molecular complexity index is 359. The van der Waals surface area contributed by atoms with Gasteiger partial charge >= 0.3 is 0 Å². The number of thioether (sulfide) groups is 1. The van der Waals surface area contributed by atoms with E-state index in [1.807, 2.05) is 36.6 Å². The first kappa shape index (κ1) is 15.0. The van der Waals surface area contributed by atoms with Crippen LogP contribution in [0.1, 0.15) is 18.0 Å². The van der Waals surface area contributed by atoms with E-state index in [-0.39, 0.29) is 18.6 Å². The number of amides is 1. The molecule has 1 rings (SSSR count). The number of hydrogen-bond acceptors (Lipinski definition) is 4. The predicted molar refractivity (Wildman–Crippen MR) is 75.4 cm³/mol.